The zero-order valence-corrected chi connectivity index (χ0v) is 7.77. The number of thiazole rings is 1. The molecular formula is C8H14N2S. The zero-order valence-electron chi connectivity index (χ0n) is 6.95. The summed E-state index contributed by atoms with van der Waals surface area (Å²) in [5.41, 5.74) is 8.74. The SMILES string of the molecule is CC(C)CC(N)c1cscn1. The van der Waals surface area contributed by atoms with Gasteiger partial charge in [-0.15, -0.1) is 11.3 Å². The fraction of sp³-hybridized carbons (Fsp3) is 0.625. The second kappa shape index (κ2) is 3.83. The number of rotatable bonds is 3. The Bertz CT molecular complexity index is 194. The van der Waals surface area contributed by atoms with Crippen molar-refractivity contribution in [3.8, 4) is 0 Å². The summed E-state index contributed by atoms with van der Waals surface area (Å²) in [5.74, 6) is 0.645. The predicted octanol–water partition coefficient (Wildman–Crippen LogP) is 2.19. The summed E-state index contributed by atoms with van der Waals surface area (Å²) in [6, 6.07) is 0.126. The van der Waals surface area contributed by atoms with Gasteiger partial charge < -0.3 is 5.73 Å². The molecule has 0 fully saturated rings. The summed E-state index contributed by atoms with van der Waals surface area (Å²) in [6.07, 6.45) is 1.02. The van der Waals surface area contributed by atoms with E-state index in [-0.39, 0.29) is 6.04 Å². The summed E-state index contributed by atoms with van der Waals surface area (Å²) < 4.78 is 0. The molecule has 2 N–H and O–H groups in total. The van der Waals surface area contributed by atoms with E-state index < -0.39 is 0 Å². The van der Waals surface area contributed by atoms with Crippen LogP contribution >= 0.6 is 11.3 Å². The first-order valence-electron chi connectivity index (χ1n) is 3.84. The van der Waals surface area contributed by atoms with E-state index in [4.69, 9.17) is 5.73 Å². The first kappa shape index (κ1) is 8.68. The molecule has 1 atom stereocenters. The van der Waals surface area contributed by atoms with E-state index >= 15 is 0 Å². The van der Waals surface area contributed by atoms with Crippen molar-refractivity contribution in [1.29, 1.82) is 0 Å². The maximum atomic E-state index is 5.88. The van der Waals surface area contributed by atoms with Crippen molar-refractivity contribution < 1.29 is 0 Å². The molecular weight excluding hydrogens is 156 g/mol. The summed E-state index contributed by atoms with van der Waals surface area (Å²) in [6.45, 7) is 4.35. The molecule has 11 heavy (non-hydrogen) atoms. The van der Waals surface area contributed by atoms with Gasteiger partial charge in [0.1, 0.15) is 0 Å². The van der Waals surface area contributed by atoms with E-state index in [1.165, 1.54) is 0 Å². The van der Waals surface area contributed by atoms with E-state index in [9.17, 15) is 0 Å². The zero-order chi connectivity index (χ0) is 8.27. The molecule has 0 aliphatic heterocycles. The van der Waals surface area contributed by atoms with Crippen molar-refractivity contribution in [3.63, 3.8) is 0 Å². The summed E-state index contributed by atoms with van der Waals surface area (Å²) in [5, 5.41) is 2.02. The number of aromatic nitrogens is 1. The molecule has 2 nitrogen and oxygen atoms in total. The number of nitrogens with two attached hydrogens (primary N) is 1. The maximum absolute atomic E-state index is 5.88. The Kier molecular flexibility index (Phi) is 3.02. The van der Waals surface area contributed by atoms with E-state index in [0.717, 1.165) is 12.1 Å². The maximum Gasteiger partial charge on any atom is 0.0795 e. The summed E-state index contributed by atoms with van der Waals surface area (Å²) in [4.78, 5) is 4.16. The third-order valence-corrected chi connectivity index (χ3v) is 2.16. The van der Waals surface area contributed by atoms with Gasteiger partial charge in [-0.25, -0.2) is 4.98 Å². The van der Waals surface area contributed by atoms with Crippen LogP contribution in [0.2, 0.25) is 0 Å². The van der Waals surface area contributed by atoms with Crippen molar-refractivity contribution in [2.45, 2.75) is 26.3 Å². The Labute approximate surface area is 71.5 Å². The van der Waals surface area contributed by atoms with Crippen LogP contribution in [0.25, 0.3) is 0 Å². The highest BCUT2D eigenvalue weighted by Gasteiger charge is 2.08. The van der Waals surface area contributed by atoms with E-state index in [1.807, 2.05) is 10.9 Å². The first-order valence-corrected chi connectivity index (χ1v) is 4.78. The monoisotopic (exact) mass is 170 g/mol. The van der Waals surface area contributed by atoms with Gasteiger partial charge in [-0.1, -0.05) is 13.8 Å². The van der Waals surface area contributed by atoms with Crippen LogP contribution in [0.1, 0.15) is 32.0 Å². The molecule has 1 rings (SSSR count). The molecule has 0 saturated heterocycles. The Balaban J connectivity index is 2.49. The average Bonchev–Trinajstić information content (AvgIpc) is 2.35. The number of nitrogens with zero attached hydrogens (tertiary/aromatic N) is 1. The van der Waals surface area contributed by atoms with Crippen LogP contribution in [0.4, 0.5) is 0 Å². The highest BCUT2D eigenvalue weighted by molar-refractivity contribution is 7.07. The second-order valence-corrected chi connectivity index (χ2v) is 3.87. The summed E-state index contributed by atoms with van der Waals surface area (Å²) in [7, 11) is 0. The van der Waals surface area contributed by atoms with Gasteiger partial charge in [-0.2, -0.15) is 0 Å². The molecule has 0 saturated carbocycles. The van der Waals surface area contributed by atoms with Crippen LogP contribution in [0.5, 0.6) is 0 Å². The molecule has 1 aromatic heterocycles. The lowest BCUT2D eigenvalue weighted by Crippen LogP contribution is -2.12. The van der Waals surface area contributed by atoms with Crippen molar-refractivity contribution >= 4 is 11.3 Å². The minimum Gasteiger partial charge on any atom is -0.323 e. The molecule has 62 valence electrons. The largest absolute Gasteiger partial charge is 0.323 e. The van der Waals surface area contributed by atoms with Crippen LogP contribution < -0.4 is 5.73 Å². The van der Waals surface area contributed by atoms with Gasteiger partial charge in [0.15, 0.2) is 0 Å². The van der Waals surface area contributed by atoms with Crippen LogP contribution in [-0.2, 0) is 0 Å². The van der Waals surface area contributed by atoms with E-state index in [0.29, 0.717) is 5.92 Å². The Morgan fingerprint density at radius 1 is 1.64 bits per heavy atom. The minimum atomic E-state index is 0.126. The molecule has 1 heterocycles. The lowest BCUT2D eigenvalue weighted by Gasteiger charge is -2.10. The van der Waals surface area contributed by atoms with Crippen LogP contribution in [0.15, 0.2) is 10.9 Å². The third kappa shape index (κ3) is 2.60. The van der Waals surface area contributed by atoms with E-state index in [1.54, 1.807) is 11.3 Å². The molecule has 3 heteroatoms. The van der Waals surface area contributed by atoms with Gasteiger partial charge >= 0.3 is 0 Å². The second-order valence-electron chi connectivity index (χ2n) is 3.15. The van der Waals surface area contributed by atoms with Crippen LogP contribution in [0, 0.1) is 5.92 Å². The molecule has 0 spiro atoms. The molecule has 0 amide bonds. The molecule has 1 aromatic rings. The van der Waals surface area contributed by atoms with Crippen molar-refractivity contribution in [3.05, 3.63) is 16.6 Å². The van der Waals surface area contributed by atoms with Crippen molar-refractivity contribution in [2.24, 2.45) is 11.7 Å². The number of hydrogen-bond donors (Lipinski definition) is 1. The molecule has 0 aliphatic carbocycles. The molecule has 0 aliphatic rings. The van der Waals surface area contributed by atoms with Gasteiger partial charge in [0.2, 0.25) is 0 Å². The fourth-order valence-electron chi connectivity index (χ4n) is 1.03. The quantitative estimate of drug-likeness (QED) is 0.755. The lowest BCUT2D eigenvalue weighted by molar-refractivity contribution is 0.504. The topological polar surface area (TPSA) is 38.9 Å². The number of hydrogen-bond acceptors (Lipinski definition) is 3. The Morgan fingerprint density at radius 3 is 2.82 bits per heavy atom. The van der Waals surface area contributed by atoms with Gasteiger partial charge in [-0.05, 0) is 12.3 Å². The van der Waals surface area contributed by atoms with Gasteiger partial charge in [0.05, 0.1) is 11.2 Å². The first-order chi connectivity index (χ1) is 5.20. The van der Waals surface area contributed by atoms with Gasteiger partial charge in [0.25, 0.3) is 0 Å². The lowest BCUT2D eigenvalue weighted by atomic mass is 10.0. The van der Waals surface area contributed by atoms with Crippen LogP contribution in [-0.4, -0.2) is 4.98 Å². The smallest absolute Gasteiger partial charge is 0.0795 e. The summed E-state index contributed by atoms with van der Waals surface area (Å²) >= 11 is 1.60. The van der Waals surface area contributed by atoms with E-state index in [2.05, 4.69) is 18.8 Å². The molecule has 1 unspecified atom stereocenters. The van der Waals surface area contributed by atoms with Gasteiger partial charge in [0, 0.05) is 11.4 Å². The molecule has 0 bridgehead atoms. The van der Waals surface area contributed by atoms with Gasteiger partial charge in [-0.3, -0.25) is 0 Å². The minimum absolute atomic E-state index is 0.126. The Hall–Kier alpha value is -0.410. The van der Waals surface area contributed by atoms with Crippen molar-refractivity contribution in [1.82, 2.24) is 4.98 Å². The highest BCUT2D eigenvalue weighted by Crippen LogP contribution is 2.17. The van der Waals surface area contributed by atoms with Crippen molar-refractivity contribution in [2.75, 3.05) is 0 Å². The highest BCUT2D eigenvalue weighted by atomic mass is 32.1. The Morgan fingerprint density at radius 2 is 2.36 bits per heavy atom. The predicted molar refractivity (Wildman–Crippen MR) is 48.5 cm³/mol. The molecule has 0 radical (unpaired) electrons. The average molecular weight is 170 g/mol. The normalized spacial score (nSPS) is 13.8. The fourth-order valence-corrected chi connectivity index (χ4v) is 1.65. The molecule has 0 aromatic carbocycles. The van der Waals surface area contributed by atoms with Crippen LogP contribution in [0.3, 0.4) is 0 Å². The standard InChI is InChI=1S/C8H14N2S/c1-6(2)3-7(9)8-4-11-5-10-8/h4-7H,3,9H2,1-2H3. The third-order valence-electron chi connectivity index (χ3n) is 1.56.